The number of carboxylic acids is 2. The quantitative estimate of drug-likeness (QED) is 0.672. The van der Waals surface area contributed by atoms with Gasteiger partial charge in [0.15, 0.2) is 0 Å². The summed E-state index contributed by atoms with van der Waals surface area (Å²) in [6, 6.07) is 4.05. The molecule has 0 bridgehead atoms. The highest BCUT2D eigenvalue weighted by Gasteiger charge is 2.15. The first kappa shape index (κ1) is 10.0. The van der Waals surface area contributed by atoms with Crippen molar-refractivity contribution < 1.29 is 19.8 Å². The molecule has 0 aliphatic heterocycles. The van der Waals surface area contributed by atoms with Gasteiger partial charge in [0, 0.05) is 12.7 Å². The van der Waals surface area contributed by atoms with Gasteiger partial charge < -0.3 is 15.5 Å². The highest BCUT2D eigenvalue weighted by atomic mass is 16.4. The van der Waals surface area contributed by atoms with Crippen molar-refractivity contribution in [3.8, 4) is 0 Å². The lowest BCUT2D eigenvalue weighted by Crippen LogP contribution is -2.08. The van der Waals surface area contributed by atoms with E-state index in [9.17, 15) is 9.59 Å². The fourth-order valence-electron chi connectivity index (χ4n) is 1.06. The fraction of sp³-hybridized carbons (Fsp3) is 0.111. The zero-order valence-electron chi connectivity index (χ0n) is 7.44. The van der Waals surface area contributed by atoms with Gasteiger partial charge in [0.25, 0.3) is 0 Å². The maximum atomic E-state index is 10.7. The van der Waals surface area contributed by atoms with E-state index >= 15 is 0 Å². The number of nitrogens with one attached hydrogen (secondary N) is 1. The summed E-state index contributed by atoms with van der Waals surface area (Å²) in [5.74, 6) is -2.50. The number of hydrogen-bond acceptors (Lipinski definition) is 3. The molecule has 74 valence electrons. The molecule has 0 fully saturated rings. The first-order chi connectivity index (χ1) is 6.56. The van der Waals surface area contributed by atoms with Crippen LogP contribution in [0.3, 0.4) is 0 Å². The fourth-order valence-corrected chi connectivity index (χ4v) is 1.06. The Hall–Kier alpha value is -2.04. The second-order valence-corrected chi connectivity index (χ2v) is 2.62. The number of anilines is 1. The Labute approximate surface area is 80.0 Å². The number of benzene rings is 1. The summed E-state index contributed by atoms with van der Waals surface area (Å²) < 4.78 is 0. The molecule has 5 heteroatoms. The third-order valence-electron chi connectivity index (χ3n) is 1.77. The minimum atomic E-state index is -1.25. The molecule has 0 aliphatic carbocycles. The van der Waals surface area contributed by atoms with Crippen LogP contribution in [0.4, 0.5) is 5.69 Å². The molecular weight excluding hydrogens is 186 g/mol. The topological polar surface area (TPSA) is 86.6 Å². The molecule has 1 rings (SSSR count). The largest absolute Gasteiger partial charge is 0.478 e. The normalized spacial score (nSPS) is 9.50. The van der Waals surface area contributed by atoms with Crippen LogP contribution in [0, 0.1) is 0 Å². The number of hydrogen-bond donors (Lipinski definition) is 3. The summed E-state index contributed by atoms with van der Waals surface area (Å²) in [4.78, 5) is 21.3. The van der Waals surface area contributed by atoms with Gasteiger partial charge in [-0.3, -0.25) is 0 Å². The van der Waals surface area contributed by atoms with E-state index in [1.807, 2.05) is 0 Å². The average Bonchev–Trinajstić information content (AvgIpc) is 2.16. The molecule has 14 heavy (non-hydrogen) atoms. The van der Waals surface area contributed by atoms with E-state index in [-0.39, 0.29) is 11.1 Å². The van der Waals surface area contributed by atoms with E-state index < -0.39 is 11.9 Å². The van der Waals surface area contributed by atoms with Crippen LogP contribution < -0.4 is 5.32 Å². The molecule has 0 unspecified atom stereocenters. The van der Waals surface area contributed by atoms with Crippen molar-refractivity contribution in [2.24, 2.45) is 0 Å². The second-order valence-electron chi connectivity index (χ2n) is 2.62. The van der Waals surface area contributed by atoms with Crippen molar-refractivity contribution in [2.75, 3.05) is 12.4 Å². The summed E-state index contributed by atoms with van der Waals surface area (Å²) in [5, 5.41) is 20.2. The van der Waals surface area contributed by atoms with E-state index in [1.54, 1.807) is 7.05 Å². The predicted molar refractivity (Wildman–Crippen MR) is 49.9 cm³/mol. The molecule has 0 saturated carbocycles. The second kappa shape index (κ2) is 3.78. The highest BCUT2D eigenvalue weighted by molar-refractivity contribution is 6.02. The lowest BCUT2D eigenvalue weighted by molar-refractivity contribution is 0.0651. The van der Waals surface area contributed by atoms with Crippen LogP contribution >= 0.6 is 0 Å². The van der Waals surface area contributed by atoms with Crippen LogP contribution in [-0.4, -0.2) is 29.2 Å². The molecule has 1 aromatic rings. The minimum Gasteiger partial charge on any atom is -0.478 e. The van der Waals surface area contributed by atoms with Gasteiger partial charge in [-0.1, -0.05) is 0 Å². The van der Waals surface area contributed by atoms with E-state index in [0.717, 1.165) is 0 Å². The smallest absolute Gasteiger partial charge is 0.336 e. The SMILES string of the molecule is CNc1ccc(C(=O)O)c(C(=O)O)c1. The molecular formula is C9H9NO4. The summed E-state index contributed by atoms with van der Waals surface area (Å²) in [6.45, 7) is 0. The van der Waals surface area contributed by atoms with Gasteiger partial charge in [0.05, 0.1) is 11.1 Å². The Morgan fingerprint density at radius 2 is 1.71 bits per heavy atom. The van der Waals surface area contributed by atoms with Crippen LogP contribution in [0.25, 0.3) is 0 Å². The van der Waals surface area contributed by atoms with E-state index in [2.05, 4.69) is 5.32 Å². The van der Waals surface area contributed by atoms with Crippen molar-refractivity contribution in [1.29, 1.82) is 0 Å². The molecule has 0 radical (unpaired) electrons. The van der Waals surface area contributed by atoms with E-state index in [1.165, 1.54) is 18.2 Å². The lowest BCUT2D eigenvalue weighted by Gasteiger charge is -2.04. The maximum Gasteiger partial charge on any atom is 0.336 e. The zero-order chi connectivity index (χ0) is 10.7. The molecule has 0 amide bonds. The van der Waals surface area contributed by atoms with Crippen molar-refractivity contribution in [3.05, 3.63) is 29.3 Å². The Kier molecular flexibility index (Phi) is 2.71. The number of rotatable bonds is 3. The summed E-state index contributed by atoms with van der Waals surface area (Å²) in [7, 11) is 1.63. The average molecular weight is 195 g/mol. The van der Waals surface area contributed by atoms with Crippen LogP contribution in [0.5, 0.6) is 0 Å². The minimum absolute atomic E-state index is 0.212. The number of carbonyl (C=O) groups is 2. The van der Waals surface area contributed by atoms with Crippen molar-refractivity contribution in [3.63, 3.8) is 0 Å². The lowest BCUT2D eigenvalue weighted by atomic mass is 10.1. The van der Waals surface area contributed by atoms with Gasteiger partial charge in [-0.2, -0.15) is 0 Å². The molecule has 0 spiro atoms. The van der Waals surface area contributed by atoms with E-state index in [0.29, 0.717) is 5.69 Å². The summed E-state index contributed by atoms with van der Waals surface area (Å²) in [5.41, 5.74) is 0.133. The molecule has 0 aliphatic rings. The monoisotopic (exact) mass is 195 g/mol. The number of aromatic carboxylic acids is 2. The number of carboxylic acid groups (broad SMARTS) is 2. The molecule has 5 nitrogen and oxygen atoms in total. The van der Waals surface area contributed by atoms with Gasteiger partial charge in [0.2, 0.25) is 0 Å². The zero-order valence-corrected chi connectivity index (χ0v) is 7.44. The molecule has 0 aromatic heterocycles. The Balaban J connectivity index is 3.31. The summed E-state index contributed by atoms with van der Waals surface area (Å²) in [6.07, 6.45) is 0. The molecule has 1 aromatic carbocycles. The van der Waals surface area contributed by atoms with E-state index in [4.69, 9.17) is 10.2 Å². The third-order valence-corrected chi connectivity index (χ3v) is 1.77. The van der Waals surface area contributed by atoms with Gasteiger partial charge in [-0.25, -0.2) is 9.59 Å². The Morgan fingerprint density at radius 1 is 1.14 bits per heavy atom. The van der Waals surface area contributed by atoms with Gasteiger partial charge >= 0.3 is 11.9 Å². The highest BCUT2D eigenvalue weighted by Crippen LogP contribution is 2.15. The van der Waals surface area contributed by atoms with Crippen molar-refractivity contribution >= 4 is 17.6 Å². The Bertz CT molecular complexity index is 386. The van der Waals surface area contributed by atoms with Crippen molar-refractivity contribution in [1.82, 2.24) is 0 Å². The van der Waals surface area contributed by atoms with Gasteiger partial charge in [0.1, 0.15) is 0 Å². The van der Waals surface area contributed by atoms with Crippen LogP contribution in [-0.2, 0) is 0 Å². The predicted octanol–water partition coefficient (Wildman–Crippen LogP) is 1.12. The maximum absolute atomic E-state index is 10.7. The van der Waals surface area contributed by atoms with Gasteiger partial charge in [-0.15, -0.1) is 0 Å². The van der Waals surface area contributed by atoms with Crippen LogP contribution in [0.2, 0.25) is 0 Å². The molecule has 0 saturated heterocycles. The molecule has 3 N–H and O–H groups in total. The Morgan fingerprint density at radius 3 is 2.14 bits per heavy atom. The van der Waals surface area contributed by atoms with Crippen LogP contribution in [0.1, 0.15) is 20.7 Å². The first-order valence-corrected chi connectivity index (χ1v) is 3.84. The standard InChI is InChI=1S/C9H9NO4/c1-10-5-2-3-6(8(11)12)7(4-5)9(13)14/h2-4,10H,1H3,(H,11,12)(H,13,14). The van der Waals surface area contributed by atoms with Crippen LogP contribution in [0.15, 0.2) is 18.2 Å². The molecule has 0 heterocycles. The van der Waals surface area contributed by atoms with Gasteiger partial charge in [-0.05, 0) is 18.2 Å². The molecule has 0 atom stereocenters. The third kappa shape index (κ3) is 1.82. The summed E-state index contributed by atoms with van der Waals surface area (Å²) >= 11 is 0. The van der Waals surface area contributed by atoms with Crippen molar-refractivity contribution in [2.45, 2.75) is 0 Å². The first-order valence-electron chi connectivity index (χ1n) is 3.84.